The topological polar surface area (TPSA) is 56.5 Å². The van der Waals surface area contributed by atoms with Crippen LogP contribution in [0, 0.1) is 0 Å². The van der Waals surface area contributed by atoms with Crippen molar-refractivity contribution in [1.29, 1.82) is 0 Å². The van der Waals surface area contributed by atoms with Crippen molar-refractivity contribution in [2.24, 2.45) is 0 Å². The summed E-state index contributed by atoms with van der Waals surface area (Å²) in [7, 11) is 1.65. The van der Waals surface area contributed by atoms with Crippen LogP contribution in [0.4, 0.5) is 17.1 Å². The maximum absolute atomic E-state index is 5.84. The molecule has 0 aromatic heterocycles. The molecule has 0 radical (unpaired) electrons. The zero-order chi connectivity index (χ0) is 13.7. The molecule has 0 aliphatic carbocycles. The molecule has 100 valence electrons. The Balaban J connectivity index is 2.15. The summed E-state index contributed by atoms with van der Waals surface area (Å²) in [6.45, 7) is 2.53. The highest BCUT2D eigenvalue weighted by molar-refractivity contribution is 5.67. The predicted molar refractivity (Wildman–Crippen MR) is 78.3 cm³/mol. The first-order valence-electron chi connectivity index (χ1n) is 6.16. The van der Waals surface area contributed by atoms with Crippen molar-refractivity contribution in [2.45, 2.75) is 6.92 Å². The lowest BCUT2D eigenvalue weighted by Gasteiger charge is -2.11. The quantitative estimate of drug-likeness (QED) is 0.807. The molecule has 0 aliphatic rings. The Kier molecular flexibility index (Phi) is 4.13. The second-order valence-electron chi connectivity index (χ2n) is 4.04. The molecule has 0 amide bonds. The molecule has 0 spiro atoms. The van der Waals surface area contributed by atoms with E-state index >= 15 is 0 Å². The molecule has 2 aromatic carbocycles. The highest BCUT2D eigenvalue weighted by atomic mass is 16.5. The Hall–Kier alpha value is -2.36. The van der Waals surface area contributed by atoms with Gasteiger partial charge in [-0.3, -0.25) is 0 Å². The third kappa shape index (κ3) is 3.31. The van der Waals surface area contributed by atoms with E-state index in [1.807, 2.05) is 49.4 Å². The molecule has 2 aromatic rings. The van der Waals surface area contributed by atoms with Gasteiger partial charge >= 0.3 is 0 Å². The maximum Gasteiger partial charge on any atom is 0.144 e. The van der Waals surface area contributed by atoms with Gasteiger partial charge in [0.2, 0.25) is 0 Å². The molecule has 0 fully saturated rings. The number of nitrogens with one attached hydrogen (secondary N) is 1. The minimum atomic E-state index is 0.593. The Morgan fingerprint density at radius 2 is 1.74 bits per heavy atom. The van der Waals surface area contributed by atoms with Gasteiger partial charge in [-0.05, 0) is 43.3 Å². The number of benzene rings is 2. The van der Waals surface area contributed by atoms with Gasteiger partial charge in [-0.1, -0.05) is 0 Å². The molecule has 2 rings (SSSR count). The summed E-state index contributed by atoms with van der Waals surface area (Å²) in [4.78, 5) is 0. The van der Waals surface area contributed by atoms with Crippen molar-refractivity contribution in [3.05, 3.63) is 42.5 Å². The number of ether oxygens (including phenoxy) is 2. The molecule has 0 saturated heterocycles. The first-order valence-corrected chi connectivity index (χ1v) is 6.16. The van der Waals surface area contributed by atoms with Gasteiger partial charge in [-0.25, -0.2) is 0 Å². The van der Waals surface area contributed by atoms with Crippen LogP contribution in [0.5, 0.6) is 11.5 Å². The van der Waals surface area contributed by atoms with Crippen LogP contribution in [0.2, 0.25) is 0 Å². The van der Waals surface area contributed by atoms with Gasteiger partial charge in [-0.2, -0.15) is 0 Å². The van der Waals surface area contributed by atoms with Gasteiger partial charge in [0, 0.05) is 17.4 Å². The number of rotatable bonds is 5. The van der Waals surface area contributed by atoms with E-state index in [9.17, 15) is 0 Å². The van der Waals surface area contributed by atoms with E-state index in [4.69, 9.17) is 15.2 Å². The van der Waals surface area contributed by atoms with Gasteiger partial charge in [0.1, 0.15) is 11.5 Å². The van der Waals surface area contributed by atoms with Crippen molar-refractivity contribution in [3.63, 3.8) is 0 Å². The second kappa shape index (κ2) is 6.00. The summed E-state index contributed by atoms with van der Waals surface area (Å²) < 4.78 is 10.6. The van der Waals surface area contributed by atoms with E-state index in [-0.39, 0.29) is 0 Å². The molecule has 0 heterocycles. The lowest BCUT2D eigenvalue weighted by atomic mass is 10.2. The highest BCUT2D eigenvalue weighted by Gasteiger charge is 2.02. The fourth-order valence-electron chi connectivity index (χ4n) is 1.73. The number of nitrogens with two attached hydrogens (primary N) is 1. The van der Waals surface area contributed by atoms with E-state index in [0.717, 1.165) is 17.1 Å². The minimum absolute atomic E-state index is 0.593. The SMILES string of the molecule is CCOc1cc(Nc2ccc(OC)cc2)ccc1N. The highest BCUT2D eigenvalue weighted by Crippen LogP contribution is 2.28. The van der Waals surface area contributed by atoms with Gasteiger partial charge in [0.25, 0.3) is 0 Å². The van der Waals surface area contributed by atoms with Crippen LogP contribution in [0.25, 0.3) is 0 Å². The van der Waals surface area contributed by atoms with E-state index in [2.05, 4.69) is 5.32 Å². The van der Waals surface area contributed by atoms with E-state index in [0.29, 0.717) is 18.0 Å². The normalized spacial score (nSPS) is 10.0. The summed E-state index contributed by atoms with van der Waals surface area (Å²) in [6.07, 6.45) is 0. The van der Waals surface area contributed by atoms with Crippen LogP contribution >= 0.6 is 0 Å². The molecule has 4 nitrogen and oxygen atoms in total. The summed E-state index contributed by atoms with van der Waals surface area (Å²) in [5.74, 6) is 1.53. The van der Waals surface area contributed by atoms with Gasteiger partial charge in [-0.15, -0.1) is 0 Å². The summed E-state index contributed by atoms with van der Waals surface area (Å²) in [5, 5.41) is 3.29. The maximum atomic E-state index is 5.84. The largest absolute Gasteiger partial charge is 0.497 e. The standard InChI is InChI=1S/C15H18N2O2/c1-3-19-15-10-12(6-9-14(15)16)17-11-4-7-13(18-2)8-5-11/h4-10,17H,3,16H2,1-2H3. The molecule has 4 heteroatoms. The van der Waals surface area contributed by atoms with Gasteiger partial charge in [0.15, 0.2) is 0 Å². The number of nitrogen functional groups attached to an aromatic ring is 1. The van der Waals surface area contributed by atoms with Crippen molar-refractivity contribution < 1.29 is 9.47 Å². The second-order valence-corrected chi connectivity index (χ2v) is 4.04. The monoisotopic (exact) mass is 258 g/mol. The predicted octanol–water partition coefficient (Wildman–Crippen LogP) is 3.42. The average Bonchev–Trinajstić information content (AvgIpc) is 2.44. The third-order valence-electron chi connectivity index (χ3n) is 2.69. The molecule has 0 atom stereocenters. The zero-order valence-electron chi connectivity index (χ0n) is 11.1. The van der Waals surface area contributed by atoms with Crippen LogP contribution in [-0.2, 0) is 0 Å². The first kappa shape index (κ1) is 13.1. The number of hydrogen-bond donors (Lipinski definition) is 2. The van der Waals surface area contributed by atoms with Crippen LogP contribution in [0.1, 0.15) is 6.92 Å². The first-order chi connectivity index (χ1) is 9.22. The Labute approximate surface area is 113 Å². The van der Waals surface area contributed by atoms with Gasteiger partial charge in [0.05, 0.1) is 19.4 Å². The molecule has 19 heavy (non-hydrogen) atoms. The van der Waals surface area contributed by atoms with Crippen LogP contribution in [-0.4, -0.2) is 13.7 Å². The van der Waals surface area contributed by atoms with Crippen LogP contribution < -0.4 is 20.5 Å². The summed E-state index contributed by atoms with van der Waals surface area (Å²) in [5.41, 5.74) is 8.39. The van der Waals surface area contributed by atoms with Crippen LogP contribution in [0.3, 0.4) is 0 Å². The van der Waals surface area contributed by atoms with Crippen LogP contribution in [0.15, 0.2) is 42.5 Å². The Bertz CT molecular complexity index is 538. The fraction of sp³-hybridized carbons (Fsp3) is 0.200. The molecule has 3 N–H and O–H groups in total. The molecule has 0 unspecified atom stereocenters. The lowest BCUT2D eigenvalue weighted by Crippen LogP contribution is -1.98. The zero-order valence-corrected chi connectivity index (χ0v) is 11.1. The van der Waals surface area contributed by atoms with E-state index in [1.165, 1.54) is 0 Å². The molecule has 0 saturated carbocycles. The van der Waals surface area contributed by atoms with E-state index in [1.54, 1.807) is 7.11 Å². The van der Waals surface area contributed by atoms with Crippen molar-refractivity contribution in [2.75, 3.05) is 24.8 Å². The van der Waals surface area contributed by atoms with Gasteiger partial charge < -0.3 is 20.5 Å². The van der Waals surface area contributed by atoms with Crippen molar-refractivity contribution >= 4 is 17.1 Å². The molecule has 0 bridgehead atoms. The molecular formula is C15H18N2O2. The Morgan fingerprint density at radius 3 is 2.37 bits per heavy atom. The summed E-state index contributed by atoms with van der Waals surface area (Å²) in [6, 6.07) is 13.4. The molecule has 0 aliphatic heterocycles. The van der Waals surface area contributed by atoms with Crippen molar-refractivity contribution in [3.8, 4) is 11.5 Å². The number of hydrogen-bond acceptors (Lipinski definition) is 4. The minimum Gasteiger partial charge on any atom is -0.497 e. The lowest BCUT2D eigenvalue weighted by molar-refractivity contribution is 0.342. The smallest absolute Gasteiger partial charge is 0.144 e. The summed E-state index contributed by atoms with van der Waals surface area (Å²) >= 11 is 0. The van der Waals surface area contributed by atoms with E-state index < -0.39 is 0 Å². The fourth-order valence-corrected chi connectivity index (χ4v) is 1.73. The molecular weight excluding hydrogens is 240 g/mol. The Morgan fingerprint density at radius 1 is 1.05 bits per heavy atom. The third-order valence-corrected chi connectivity index (χ3v) is 2.69. The van der Waals surface area contributed by atoms with Crippen molar-refractivity contribution in [1.82, 2.24) is 0 Å². The number of methoxy groups -OCH3 is 1. The average molecular weight is 258 g/mol. The number of anilines is 3.